The molecule has 130 valence electrons. The Bertz CT molecular complexity index is 1090. The summed E-state index contributed by atoms with van der Waals surface area (Å²) in [5, 5.41) is 2.16. The van der Waals surface area contributed by atoms with Gasteiger partial charge in [0.05, 0.1) is 0 Å². The van der Waals surface area contributed by atoms with Crippen molar-refractivity contribution in [3.63, 3.8) is 0 Å². The van der Waals surface area contributed by atoms with Crippen LogP contribution in [0.1, 0.15) is 41.2 Å². The molecule has 0 N–H and O–H groups in total. The maximum absolute atomic E-state index is 6.35. The zero-order valence-electron chi connectivity index (χ0n) is 15.7. The van der Waals surface area contributed by atoms with Gasteiger partial charge in [-0.25, -0.2) is 0 Å². The Labute approximate surface area is 155 Å². The van der Waals surface area contributed by atoms with E-state index in [1.807, 2.05) is 0 Å². The van der Waals surface area contributed by atoms with E-state index in [2.05, 4.69) is 81.9 Å². The van der Waals surface area contributed by atoms with Gasteiger partial charge in [-0.2, -0.15) is 0 Å². The Morgan fingerprint density at radius 3 is 2.38 bits per heavy atom. The van der Waals surface area contributed by atoms with Crippen LogP contribution in [0, 0.1) is 13.8 Å². The molecule has 0 aliphatic carbocycles. The smallest absolute Gasteiger partial charge is 0.135 e. The highest BCUT2D eigenvalue weighted by atomic mass is 16.5. The minimum absolute atomic E-state index is 0.901. The summed E-state index contributed by atoms with van der Waals surface area (Å²) in [5.41, 5.74) is 7.52. The van der Waals surface area contributed by atoms with E-state index in [-0.39, 0.29) is 0 Å². The Kier molecular flexibility index (Phi) is 4.16. The van der Waals surface area contributed by atoms with Gasteiger partial charge in [0.1, 0.15) is 11.5 Å². The molecule has 0 bridgehead atoms. The van der Waals surface area contributed by atoms with Crippen molar-refractivity contribution in [3.8, 4) is 11.5 Å². The summed E-state index contributed by atoms with van der Waals surface area (Å²) >= 11 is 0. The quantitative estimate of drug-likeness (QED) is 0.509. The van der Waals surface area contributed by atoms with Crippen LogP contribution < -0.4 is 15.2 Å². The van der Waals surface area contributed by atoms with Gasteiger partial charge in [0.2, 0.25) is 0 Å². The highest BCUT2D eigenvalue weighted by Crippen LogP contribution is 2.37. The average molecular weight is 340 g/mol. The first-order chi connectivity index (χ1) is 12.6. The van der Waals surface area contributed by atoms with E-state index in [1.165, 1.54) is 33.4 Å². The average Bonchev–Trinajstić information content (AvgIpc) is 2.63. The van der Waals surface area contributed by atoms with E-state index < -0.39 is 0 Å². The topological polar surface area (TPSA) is 9.23 Å². The second-order valence-electron chi connectivity index (χ2n) is 7.14. The molecule has 0 saturated heterocycles. The van der Waals surface area contributed by atoms with Crippen LogP contribution in [-0.4, -0.2) is 0 Å². The lowest BCUT2D eigenvalue weighted by molar-refractivity contribution is 0.470. The highest BCUT2D eigenvalue weighted by molar-refractivity contribution is 5.85. The van der Waals surface area contributed by atoms with Crippen LogP contribution in [0.2, 0.25) is 0 Å². The van der Waals surface area contributed by atoms with Gasteiger partial charge in [0.15, 0.2) is 0 Å². The molecular weight excluding hydrogens is 316 g/mol. The summed E-state index contributed by atoms with van der Waals surface area (Å²) in [7, 11) is 0. The first kappa shape index (κ1) is 16.7. The van der Waals surface area contributed by atoms with Crippen LogP contribution >= 0.6 is 0 Å². The lowest BCUT2D eigenvalue weighted by Crippen LogP contribution is -2.21. The molecule has 1 nitrogen and oxygen atoms in total. The van der Waals surface area contributed by atoms with Gasteiger partial charge in [-0.3, -0.25) is 0 Å². The molecule has 0 radical (unpaired) electrons. The van der Waals surface area contributed by atoms with E-state index in [0.29, 0.717) is 0 Å². The van der Waals surface area contributed by atoms with Gasteiger partial charge in [-0.05, 0) is 72.0 Å². The maximum atomic E-state index is 6.35. The molecule has 0 aromatic heterocycles. The van der Waals surface area contributed by atoms with Crippen molar-refractivity contribution in [2.75, 3.05) is 0 Å². The predicted octanol–water partition coefficient (Wildman–Crippen LogP) is 5.02. The van der Waals surface area contributed by atoms with Crippen LogP contribution in [-0.2, 0) is 6.42 Å². The molecule has 1 heteroatoms. The molecule has 0 fully saturated rings. The van der Waals surface area contributed by atoms with Crippen LogP contribution in [0.5, 0.6) is 11.5 Å². The van der Waals surface area contributed by atoms with Gasteiger partial charge in [0.25, 0.3) is 0 Å². The van der Waals surface area contributed by atoms with Crippen molar-refractivity contribution in [1.29, 1.82) is 0 Å². The molecular formula is C25H24O. The molecule has 0 unspecified atom stereocenters. The van der Waals surface area contributed by atoms with Crippen LogP contribution in [0.3, 0.4) is 0 Å². The zero-order valence-corrected chi connectivity index (χ0v) is 15.7. The molecule has 0 atom stereocenters. The second kappa shape index (κ2) is 6.49. The van der Waals surface area contributed by atoms with Crippen molar-refractivity contribution in [1.82, 2.24) is 0 Å². The van der Waals surface area contributed by atoms with E-state index in [1.54, 1.807) is 0 Å². The summed E-state index contributed by atoms with van der Waals surface area (Å²) in [6.07, 6.45) is 2.21. The standard InChI is InChI=1S/C25H24O/c1-5-9-20-15-24-22(13-18(20)4)25(19-10-7-6-8-11-19)21-12-16(2)17(3)14-23(21)26-24/h6-8,10-15H,3,5,9H2,1-2,4H3. The molecule has 0 spiro atoms. The van der Waals surface area contributed by atoms with Gasteiger partial charge in [-0.15, -0.1) is 0 Å². The summed E-state index contributed by atoms with van der Waals surface area (Å²) in [4.78, 5) is 0. The third-order valence-electron chi connectivity index (χ3n) is 5.22. The van der Waals surface area contributed by atoms with Gasteiger partial charge < -0.3 is 4.74 Å². The van der Waals surface area contributed by atoms with E-state index >= 15 is 0 Å². The van der Waals surface area contributed by atoms with Gasteiger partial charge >= 0.3 is 0 Å². The Morgan fingerprint density at radius 2 is 1.65 bits per heavy atom. The molecule has 3 aromatic rings. The zero-order chi connectivity index (χ0) is 18.3. The first-order valence-corrected chi connectivity index (χ1v) is 9.29. The largest absolute Gasteiger partial charge is 0.456 e. The number of hydrogen-bond acceptors (Lipinski definition) is 1. The summed E-state index contributed by atoms with van der Waals surface area (Å²) in [6, 6.07) is 19.4. The van der Waals surface area contributed by atoms with Crippen LogP contribution in [0.25, 0.3) is 12.2 Å². The molecule has 3 aromatic carbocycles. The Balaban J connectivity index is 2.09. The number of ether oxygens (including phenoxy) is 1. The van der Waals surface area contributed by atoms with Crippen LogP contribution in [0.15, 0.2) is 54.6 Å². The predicted molar refractivity (Wildman–Crippen MR) is 109 cm³/mol. The second-order valence-corrected chi connectivity index (χ2v) is 7.14. The SMILES string of the molecule is C=c1cc2c(cc1C)=C(c1ccccc1)c1cc(C)c(CCC)cc1O2. The fourth-order valence-electron chi connectivity index (χ4n) is 3.74. The van der Waals surface area contributed by atoms with Gasteiger partial charge in [0, 0.05) is 16.4 Å². The number of rotatable bonds is 3. The third-order valence-corrected chi connectivity index (χ3v) is 5.22. The number of fused-ring (bicyclic) bond motifs is 2. The molecule has 0 saturated carbocycles. The lowest BCUT2D eigenvalue weighted by atomic mass is 9.89. The maximum Gasteiger partial charge on any atom is 0.135 e. The van der Waals surface area contributed by atoms with Crippen molar-refractivity contribution < 1.29 is 4.74 Å². The van der Waals surface area contributed by atoms with Gasteiger partial charge in [-0.1, -0.05) is 50.3 Å². The monoisotopic (exact) mass is 340 g/mol. The summed E-state index contributed by atoms with van der Waals surface area (Å²) < 4.78 is 6.35. The number of hydrogen-bond donors (Lipinski definition) is 0. The van der Waals surface area contributed by atoms with Crippen molar-refractivity contribution in [2.45, 2.75) is 33.6 Å². The number of aryl methyl sites for hydroxylation is 3. The Morgan fingerprint density at radius 1 is 0.885 bits per heavy atom. The number of benzene rings is 3. The molecule has 1 heterocycles. The van der Waals surface area contributed by atoms with E-state index in [9.17, 15) is 0 Å². The summed E-state index contributed by atoms with van der Waals surface area (Å²) in [6.45, 7) is 10.7. The van der Waals surface area contributed by atoms with Crippen molar-refractivity contribution >= 4 is 12.2 Å². The minimum Gasteiger partial charge on any atom is -0.456 e. The molecule has 4 rings (SSSR count). The lowest BCUT2D eigenvalue weighted by Gasteiger charge is -2.23. The molecule has 1 aliphatic rings. The highest BCUT2D eigenvalue weighted by Gasteiger charge is 2.21. The third kappa shape index (κ3) is 2.74. The fraction of sp³-hybridized carbons (Fsp3) is 0.200. The first-order valence-electron chi connectivity index (χ1n) is 9.29. The van der Waals surface area contributed by atoms with E-state index in [0.717, 1.165) is 34.8 Å². The molecule has 26 heavy (non-hydrogen) atoms. The molecule has 0 amide bonds. The fourth-order valence-corrected chi connectivity index (χ4v) is 3.74. The van der Waals surface area contributed by atoms with Crippen molar-refractivity contribution in [2.24, 2.45) is 0 Å². The van der Waals surface area contributed by atoms with E-state index in [4.69, 9.17) is 4.74 Å². The summed E-state index contributed by atoms with van der Waals surface area (Å²) in [5.74, 6) is 1.85. The minimum atomic E-state index is 0.901. The van der Waals surface area contributed by atoms with Crippen LogP contribution in [0.4, 0.5) is 0 Å². The molecule has 1 aliphatic heterocycles. The van der Waals surface area contributed by atoms with Crippen molar-refractivity contribution in [3.05, 3.63) is 92.9 Å². The normalized spacial score (nSPS) is 12.3. The Hall–Kier alpha value is -2.80.